The zero-order valence-electron chi connectivity index (χ0n) is 9.25. The number of nitro groups is 1. The quantitative estimate of drug-likeness (QED) is 0.621. The maximum atomic E-state index is 10.7. The summed E-state index contributed by atoms with van der Waals surface area (Å²) >= 11 is 0. The number of hydrogen-bond acceptors (Lipinski definition) is 4. The topological polar surface area (TPSA) is 98.3 Å². The Bertz CT molecular complexity index is 424. The van der Waals surface area contributed by atoms with E-state index >= 15 is 0 Å². The third-order valence-corrected chi connectivity index (χ3v) is 2.24. The number of rotatable bonds is 4. The van der Waals surface area contributed by atoms with Crippen molar-refractivity contribution in [1.29, 1.82) is 0 Å². The zero-order chi connectivity index (χ0) is 12.5. The van der Waals surface area contributed by atoms with Gasteiger partial charge in [-0.25, -0.2) is 4.79 Å². The van der Waals surface area contributed by atoms with Crippen LogP contribution in [0.25, 0.3) is 0 Å². The van der Waals surface area contributed by atoms with Crippen LogP contribution in [0.5, 0.6) is 0 Å². The third kappa shape index (κ3) is 2.18. The Morgan fingerprint density at radius 3 is 2.44 bits per heavy atom. The van der Waals surface area contributed by atoms with Crippen molar-refractivity contribution in [2.24, 2.45) is 0 Å². The molecular weight excluding hydrogens is 214 g/mol. The van der Waals surface area contributed by atoms with Crippen molar-refractivity contribution in [2.45, 2.75) is 32.7 Å². The molecule has 1 rings (SSSR count). The Kier molecular flexibility index (Phi) is 3.26. The van der Waals surface area contributed by atoms with E-state index in [0.29, 0.717) is 5.69 Å². The fraction of sp³-hybridized carbons (Fsp3) is 0.556. The summed E-state index contributed by atoms with van der Waals surface area (Å²) in [4.78, 5) is 20.9. The van der Waals surface area contributed by atoms with Gasteiger partial charge in [0.05, 0.1) is 4.92 Å². The molecule has 1 atom stereocenters. The van der Waals surface area contributed by atoms with E-state index in [0.717, 1.165) is 10.9 Å². The van der Waals surface area contributed by atoms with Crippen LogP contribution in [0.3, 0.4) is 0 Å². The average Bonchev–Trinajstić information content (AvgIpc) is 2.60. The van der Waals surface area contributed by atoms with Crippen LogP contribution in [0, 0.1) is 10.1 Å². The first-order chi connectivity index (χ1) is 7.34. The van der Waals surface area contributed by atoms with Crippen molar-refractivity contribution in [3.63, 3.8) is 0 Å². The lowest BCUT2D eigenvalue weighted by Crippen LogP contribution is -2.16. The van der Waals surface area contributed by atoms with Gasteiger partial charge < -0.3 is 5.11 Å². The monoisotopic (exact) mass is 227 g/mol. The van der Waals surface area contributed by atoms with Crippen molar-refractivity contribution in [1.82, 2.24) is 9.78 Å². The van der Waals surface area contributed by atoms with Gasteiger partial charge in [0.2, 0.25) is 0 Å². The van der Waals surface area contributed by atoms with E-state index in [-0.39, 0.29) is 11.6 Å². The smallest absolute Gasteiger partial charge is 0.328 e. The molecule has 1 aromatic rings. The largest absolute Gasteiger partial charge is 0.480 e. The fourth-order valence-electron chi connectivity index (χ4n) is 1.26. The first-order valence-corrected chi connectivity index (χ1v) is 4.80. The maximum absolute atomic E-state index is 10.7. The summed E-state index contributed by atoms with van der Waals surface area (Å²) < 4.78 is 1.11. The number of carboxylic acids is 1. The van der Waals surface area contributed by atoms with Crippen LogP contribution in [0.1, 0.15) is 38.4 Å². The molecule has 0 saturated carbocycles. The molecule has 1 N–H and O–H groups in total. The summed E-state index contributed by atoms with van der Waals surface area (Å²) in [6, 6.07) is -0.911. The van der Waals surface area contributed by atoms with Crippen molar-refractivity contribution in [3.05, 3.63) is 22.0 Å². The molecule has 0 amide bonds. The van der Waals surface area contributed by atoms with Gasteiger partial charge in [-0.1, -0.05) is 13.8 Å². The minimum atomic E-state index is -1.08. The Labute approximate surface area is 91.8 Å². The molecule has 0 aliphatic carbocycles. The van der Waals surface area contributed by atoms with Gasteiger partial charge in [0.1, 0.15) is 17.9 Å². The molecule has 0 saturated heterocycles. The molecule has 1 aromatic heterocycles. The number of carbonyl (C=O) groups is 1. The van der Waals surface area contributed by atoms with Crippen molar-refractivity contribution in [3.8, 4) is 0 Å². The van der Waals surface area contributed by atoms with Gasteiger partial charge in [-0.05, 0) is 6.92 Å². The van der Waals surface area contributed by atoms with E-state index in [1.54, 1.807) is 13.8 Å². The molecule has 16 heavy (non-hydrogen) atoms. The van der Waals surface area contributed by atoms with Crippen LogP contribution in [0.2, 0.25) is 0 Å². The standard InChI is InChI=1S/C9H13N3O4/c1-5(2)8-7(12(15)16)4-11(10-8)6(3)9(13)14/h4-6H,1-3H3,(H,13,14). The molecule has 1 unspecified atom stereocenters. The summed E-state index contributed by atoms with van der Waals surface area (Å²) in [7, 11) is 0. The van der Waals surface area contributed by atoms with Gasteiger partial charge in [-0.15, -0.1) is 0 Å². The Morgan fingerprint density at radius 2 is 2.12 bits per heavy atom. The second-order valence-electron chi connectivity index (χ2n) is 3.81. The number of aromatic nitrogens is 2. The van der Waals surface area contributed by atoms with Crippen LogP contribution < -0.4 is 0 Å². The lowest BCUT2D eigenvalue weighted by atomic mass is 10.1. The fourth-order valence-corrected chi connectivity index (χ4v) is 1.26. The van der Waals surface area contributed by atoms with Crippen LogP contribution in [0.4, 0.5) is 5.69 Å². The van der Waals surface area contributed by atoms with Crippen molar-refractivity contribution in [2.75, 3.05) is 0 Å². The summed E-state index contributed by atoms with van der Waals surface area (Å²) in [6.45, 7) is 4.96. The Morgan fingerprint density at radius 1 is 1.56 bits per heavy atom. The Balaban J connectivity index is 3.21. The van der Waals surface area contributed by atoms with E-state index in [2.05, 4.69) is 5.10 Å². The minimum Gasteiger partial charge on any atom is -0.480 e. The molecule has 7 nitrogen and oxygen atoms in total. The highest BCUT2D eigenvalue weighted by molar-refractivity contribution is 5.71. The molecule has 0 fully saturated rings. The van der Waals surface area contributed by atoms with Gasteiger partial charge in [0.15, 0.2) is 0 Å². The molecule has 1 heterocycles. The molecule has 88 valence electrons. The van der Waals surface area contributed by atoms with E-state index < -0.39 is 16.9 Å². The summed E-state index contributed by atoms with van der Waals surface area (Å²) in [6.07, 6.45) is 1.16. The average molecular weight is 227 g/mol. The van der Waals surface area contributed by atoms with Crippen LogP contribution in [-0.4, -0.2) is 25.8 Å². The van der Waals surface area contributed by atoms with Gasteiger partial charge in [0.25, 0.3) is 0 Å². The molecule has 0 aliphatic heterocycles. The van der Waals surface area contributed by atoms with Crippen LogP contribution in [-0.2, 0) is 4.79 Å². The van der Waals surface area contributed by atoms with E-state index in [1.807, 2.05) is 0 Å². The molecule has 0 bridgehead atoms. The van der Waals surface area contributed by atoms with E-state index in [1.165, 1.54) is 6.92 Å². The second-order valence-corrected chi connectivity index (χ2v) is 3.81. The lowest BCUT2D eigenvalue weighted by molar-refractivity contribution is -0.385. The SMILES string of the molecule is CC(C)c1nn(C(C)C(=O)O)cc1[N+](=O)[O-]. The van der Waals surface area contributed by atoms with E-state index in [4.69, 9.17) is 5.11 Å². The van der Waals surface area contributed by atoms with Gasteiger partial charge in [-0.3, -0.25) is 14.8 Å². The molecule has 7 heteroatoms. The molecule has 0 aliphatic rings. The molecular formula is C9H13N3O4. The third-order valence-electron chi connectivity index (χ3n) is 2.24. The minimum absolute atomic E-state index is 0.123. The maximum Gasteiger partial charge on any atom is 0.328 e. The predicted molar refractivity (Wildman–Crippen MR) is 55.3 cm³/mol. The number of hydrogen-bond donors (Lipinski definition) is 1. The van der Waals surface area contributed by atoms with Crippen molar-refractivity contribution >= 4 is 11.7 Å². The van der Waals surface area contributed by atoms with Gasteiger partial charge in [-0.2, -0.15) is 5.10 Å². The van der Waals surface area contributed by atoms with Gasteiger partial charge in [0, 0.05) is 5.92 Å². The Hall–Kier alpha value is -1.92. The van der Waals surface area contributed by atoms with E-state index in [9.17, 15) is 14.9 Å². The first kappa shape index (κ1) is 12.2. The number of carboxylic acid groups (broad SMARTS) is 1. The predicted octanol–water partition coefficient (Wildman–Crippen LogP) is 1.56. The lowest BCUT2D eigenvalue weighted by Gasteiger charge is -2.05. The second kappa shape index (κ2) is 4.30. The van der Waals surface area contributed by atoms with Gasteiger partial charge >= 0.3 is 11.7 Å². The van der Waals surface area contributed by atoms with Crippen molar-refractivity contribution < 1.29 is 14.8 Å². The highest BCUT2D eigenvalue weighted by Crippen LogP contribution is 2.25. The van der Waals surface area contributed by atoms with Crippen LogP contribution in [0.15, 0.2) is 6.20 Å². The summed E-state index contributed by atoms with van der Waals surface area (Å²) in [5, 5.41) is 23.5. The molecule has 0 radical (unpaired) electrons. The highest BCUT2D eigenvalue weighted by Gasteiger charge is 2.25. The number of nitrogens with zero attached hydrogens (tertiary/aromatic N) is 3. The summed E-state index contributed by atoms with van der Waals surface area (Å²) in [5.74, 6) is -1.20. The molecule has 0 spiro atoms. The normalized spacial score (nSPS) is 12.8. The van der Waals surface area contributed by atoms with Crippen LogP contribution >= 0.6 is 0 Å². The molecule has 0 aromatic carbocycles. The highest BCUT2D eigenvalue weighted by atomic mass is 16.6. The zero-order valence-corrected chi connectivity index (χ0v) is 9.25. The first-order valence-electron chi connectivity index (χ1n) is 4.80. The summed E-state index contributed by atoms with van der Waals surface area (Å²) in [5.41, 5.74) is 0.168. The number of aliphatic carboxylic acids is 1.